The molecule has 0 spiro atoms. The third kappa shape index (κ3) is 3.00. The van der Waals surface area contributed by atoms with E-state index in [2.05, 4.69) is 10.3 Å². The molecule has 0 aliphatic rings. The summed E-state index contributed by atoms with van der Waals surface area (Å²) in [7, 11) is 0. The van der Waals surface area contributed by atoms with Gasteiger partial charge in [0.1, 0.15) is 11.5 Å². The third-order valence-electron chi connectivity index (χ3n) is 3.92. The predicted octanol–water partition coefficient (Wildman–Crippen LogP) is 4.89. The molecule has 0 fully saturated rings. The van der Waals surface area contributed by atoms with Crippen LogP contribution in [0.1, 0.15) is 16.7 Å². The van der Waals surface area contributed by atoms with Crippen LogP contribution in [0.2, 0.25) is 0 Å². The van der Waals surface area contributed by atoms with Crippen LogP contribution in [0.4, 0.5) is 10.8 Å². The molecular formula is C18H18N2O2S. The lowest BCUT2D eigenvalue weighted by molar-refractivity contribution is 0.454. The van der Waals surface area contributed by atoms with E-state index in [-0.39, 0.29) is 11.5 Å². The molecule has 0 unspecified atom stereocenters. The predicted molar refractivity (Wildman–Crippen MR) is 94.8 cm³/mol. The van der Waals surface area contributed by atoms with Crippen molar-refractivity contribution in [3.8, 4) is 22.8 Å². The van der Waals surface area contributed by atoms with Gasteiger partial charge in [-0.05, 0) is 50.1 Å². The lowest BCUT2D eigenvalue weighted by Gasteiger charge is -2.10. The monoisotopic (exact) mass is 326 g/mol. The van der Waals surface area contributed by atoms with Crippen molar-refractivity contribution in [3.63, 3.8) is 0 Å². The molecule has 4 nitrogen and oxygen atoms in total. The fraction of sp³-hybridized carbons (Fsp3) is 0.167. The number of aromatic hydroxyl groups is 2. The van der Waals surface area contributed by atoms with Crippen LogP contribution in [0.15, 0.2) is 35.7 Å². The van der Waals surface area contributed by atoms with E-state index in [1.165, 1.54) is 16.9 Å². The topological polar surface area (TPSA) is 65.4 Å². The summed E-state index contributed by atoms with van der Waals surface area (Å²) in [5.74, 6) is 0.323. The van der Waals surface area contributed by atoms with Crippen molar-refractivity contribution in [1.29, 1.82) is 0 Å². The number of thiazole rings is 1. The van der Waals surface area contributed by atoms with E-state index >= 15 is 0 Å². The number of hydrogen-bond donors (Lipinski definition) is 3. The van der Waals surface area contributed by atoms with Gasteiger partial charge in [-0.3, -0.25) is 0 Å². The first-order chi connectivity index (χ1) is 11.0. The molecule has 0 bridgehead atoms. The number of anilines is 2. The second kappa shape index (κ2) is 5.93. The summed E-state index contributed by atoms with van der Waals surface area (Å²) in [6, 6.07) is 9.61. The summed E-state index contributed by atoms with van der Waals surface area (Å²) >= 11 is 1.45. The Morgan fingerprint density at radius 2 is 1.70 bits per heavy atom. The summed E-state index contributed by atoms with van der Waals surface area (Å²) in [5.41, 5.74) is 4.69. The maximum Gasteiger partial charge on any atom is 0.187 e. The molecule has 1 heterocycles. The second-order valence-electron chi connectivity index (χ2n) is 5.57. The largest absolute Gasteiger partial charge is 0.508 e. The first kappa shape index (κ1) is 15.4. The summed E-state index contributed by atoms with van der Waals surface area (Å²) in [4.78, 5) is 4.51. The standard InChI is InChI=1S/C18H18N2O2S/c1-10-4-6-13(7-5-10)19-18-20-15(9-23-18)14-8-16(21)11(2)12(3)17(14)22/h4-9,21-22H,1-3H3,(H,19,20). The Balaban J connectivity index is 1.92. The van der Waals surface area contributed by atoms with Gasteiger partial charge >= 0.3 is 0 Å². The lowest BCUT2D eigenvalue weighted by atomic mass is 10.0. The zero-order valence-corrected chi connectivity index (χ0v) is 14.0. The molecule has 3 N–H and O–H groups in total. The quantitative estimate of drug-likeness (QED) is 0.600. The molecule has 2 aromatic carbocycles. The molecule has 0 atom stereocenters. The number of aryl methyl sites for hydroxylation is 1. The molecule has 3 rings (SSSR count). The highest BCUT2D eigenvalue weighted by molar-refractivity contribution is 7.14. The first-order valence-corrected chi connectivity index (χ1v) is 8.15. The minimum Gasteiger partial charge on any atom is -0.508 e. The van der Waals surface area contributed by atoms with Crippen molar-refractivity contribution < 1.29 is 10.2 Å². The maximum atomic E-state index is 10.3. The number of hydrogen-bond acceptors (Lipinski definition) is 5. The van der Waals surface area contributed by atoms with E-state index in [9.17, 15) is 10.2 Å². The van der Waals surface area contributed by atoms with Crippen molar-refractivity contribution >= 4 is 22.2 Å². The van der Waals surface area contributed by atoms with Crippen LogP contribution in [0, 0.1) is 20.8 Å². The van der Waals surface area contributed by atoms with E-state index in [1.54, 1.807) is 19.9 Å². The van der Waals surface area contributed by atoms with E-state index in [4.69, 9.17) is 0 Å². The minimum atomic E-state index is 0.160. The number of phenolic OH excluding ortho intramolecular Hbond substituents is 2. The van der Waals surface area contributed by atoms with Crippen LogP contribution >= 0.6 is 11.3 Å². The highest BCUT2D eigenvalue weighted by atomic mass is 32.1. The van der Waals surface area contributed by atoms with Crippen LogP contribution in [-0.2, 0) is 0 Å². The van der Waals surface area contributed by atoms with E-state index in [0.29, 0.717) is 22.4 Å². The average Bonchev–Trinajstić information content (AvgIpc) is 2.99. The SMILES string of the molecule is Cc1ccc(Nc2nc(-c3cc(O)c(C)c(C)c3O)cs2)cc1. The molecule has 1 aromatic heterocycles. The molecule has 0 aliphatic carbocycles. The number of rotatable bonds is 3. The van der Waals surface area contributed by atoms with Crippen LogP contribution in [-0.4, -0.2) is 15.2 Å². The summed E-state index contributed by atoms with van der Waals surface area (Å²) in [6.07, 6.45) is 0. The normalized spacial score (nSPS) is 10.7. The Morgan fingerprint density at radius 3 is 2.39 bits per heavy atom. The number of nitrogens with one attached hydrogen (secondary N) is 1. The smallest absolute Gasteiger partial charge is 0.187 e. The highest BCUT2D eigenvalue weighted by Gasteiger charge is 2.15. The number of nitrogens with zero attached hydrogens (tertiary/aromatic N) is 1. The van der Waals surface area contributed by atoms with Gasteiger partial charge < -0.3 is 15.5 Å². The Hall–Kier alpha value is -2.53. The molecular weight excluding hydrogens is 308 g/mol. The van der Waals surface area contributed by atoms with Crippen molar-refractivity contribution in [3.05, 3.63) is 52.4 Å². The van der Waals surface area contributed by atoms with Gasteiger partial charge in [-0.2, -0.15) is 0 Å². The Labute approximate surface area is 139 Å². The number of aromatic nitrogens is 1. The molecule has 0 saturated heterocycles. The fourth-order valence-electron chi connectivity index (χ4n) is 2.30. The van der Waals surface area contributed by atoms with E-state index in [0.717, 1.165) is 10.8 Å². The Bertz CT molecular complexity index is 854. The maximum absolute atomic E-state index is 10.3. The van der Waals surface area contributed by atoms with Crippen molar-refractivity contribution in [1.82, 2.24) is 4.98 Å². The minimum absolute atomic E-state index is 0.160. The Kier molecular flexibility index (Phi) is 3.96. The fourth-order valence-corrected chi connectivity index (χ4v) is 3.03. The summed E-state index contributed by atoms with van der Waals surface area (Å²) < 4.78 is 0. The van der Waals surface area contributed by atoms with E-state index in [1.807, 2.05) is 36.6 Å². The zero-order chi connectivity index (χ0) is 16.6. The number of phenols is 2. The van der Waals surface area contributed by atoms with Gasteiger partial charge in [0.25, 0.3) is 0 Å². The van der Waals surface area contributed by atoms with Crippen LogP contribution in [0.3, 0.4) is 0 Å². The van der Waals surface area contributed by atoms with Crippen molar-refractivity contribution in [2.24, 2.45) is 0 Å². The molecule has 118 valence electrons. The van der Waals surface area contributed by atoms with Gasteiger partial charge in [0.2, 0.25) is 0 Å². The molecule has 3 aromatic rings. The highest BCUT2D eigenvalue weighted by Crippen LogP contribution is 2.39. The van der Waals surface area contributed by atoms with Crippen molar-refractivity contribution in [2.75, 3.05) is 5.32 Å². The molecule has 0 amide bonds. The van der Waals surface area contributed by atoms with Gasteiger partial charge in [0, 0.05) is 16.6 Å². The zero-order valence-electron chi connectivity index (χ0n) is 13.2. The Morgan fingerprint density at radius 1 is 1.00 bits per heavy atom. The second-order valence-corrected chi connectivity index (χ2v) is 6.43. The summed E-state index contributed by atoms with van der Waals surface area (Å²) in [5, 5.41) is 26.1. The van der Waals surface area contributed by atoms with Gasteiger partial charge in [0.15, 0.2) is 5.13 Å². The van der Waals surface area contributed by atoms with Crippen molar-refractivity contribution in [2.45, 2.75) is 20.8 Å². The van der Waals surface area contributed by atoms with Crippen LogP contribution in [0.25, 0.3) is 11.3 Å². The van der Waals surface area contributed by atoms with E-state index < -0.39 is 0 Å². The molecule has 0 radical (unpaired) electrons. The van der Waals surface area contributed by atoms with Gasteiger partial charge in [-0.25, -0.2) is 4.98 Å². The molecule has 0 saturated carbocycles. The third-order valence-corrected chi connectivity index (χ3v) is 4.68. The molecule has 5 heteroatoms. The first-order valence-electron chi connectivity index (χ1n) is 7.27. The lowest BCUT2D eigenvalue weighted by Crippen LogP contribution is -1.91. The average molecular weight is 326 g/mol. The summed E-state index contributed by atoms with van der Waals surface area (Å²) in [6.45, 7) is 5.60. The van der Waals surface area contributed by atoms with Gasteiger partial charge in [0.05, 0.1) is 5.69 Å². The number of benzene rings is 2. The molecule has 0 aliphatic heterocycles. The van der Waals surface area contributed by atoms with Crippen LogP contribution in [0.5, 0.6) is 11.5 Å². The van der Waals surface area contributed by atoms with Gasteiger partial charge in [-0.1, -0.05) is 17.7 Å². The van der Waals surface area contributed by atoms with Crippen LogP contribution < -0.4 is 5.32 Å². The van der Waals surface area contributed by atoms with Gasteiger partial charge in [-0.15, -0.1) is 11.3 Å². The molecule has 23 heavy (non-hydrogen) atoms.